The smallest absolute Gasteiger partial charge is 0.244 e. The van der Waals surface area contributed by atoms with Gasteiger partial charge in [-0.05, 0) is 12.5 Å². The van der Waals surface area contributed by atoms with Gasteiger partial charge in [-0.15, -0.1) is 0 Å². The van der Waals surface area contributed by atoms with Gasteiger partial charge in [-0.1, -0.05) is 13.3 Å². The molecule has 1 rings (SSSR count). The Bertz CT molecular complexity index is 351. The SMILES string of the molecule is CCCCN(CCO)C(=O)Cn1ccc(N)n1. The van der Waals surface area contributed by atoms with Gasteiger partial charge in [0.2, 0.25) is 5.91 Å². The normalized spacial score (nSPS) is 10.5. The molecular formula is C11H20N4O2. The summed E-state index contributed by atoms with van der Waals surface area (Å²) in [5, 5.41) is 12.9. The van der Waals surface area contributed by atoms with Crippen molar-refractivity contribution in [3.8, 4) is 0 Å². The van der Waals surface area contributed by atoms with E-state index in [0.29, 0.717) is 18.9 Å². The molecular weight excluding hydrogens is 220 g/mol. The number of carbonyl (C=O) groups excluding carboxylic acids is 1. The fourth-order valence-corrected chi connectivity index (χ4v) is 1.53. The van der Waals surface area contributed by atoms with Crippen LogP contribution in [0.25, 0.3) is 0 Å². The van der Waals surface area contributed by atoms with Crippen LogP contribution >= 0.6 is 0 Å². The van der Waals surface area contributed by atoms with Crippen molar-refractivity contribution in [1.29, 1.82) is 0 Å². The van der Waals surface area contributed by atoms with Gasteiger partial charge in [0.25, 0.3) is 0 Å². The van der Waals surface area contributed by atoms with Crippen molar-refractivity contribution < 1.29 is 9.90 Å². The van der Waals surface area contributed by atoms with Gasteiger partial charge in [0.1, 0.15) is 12.4 Å². The fraction of sp³-hybridized carbons (Fsp3) is 0.636. The molecule has 0 saturated heterocycles. The first kappa shape index (κ1) is 13.5. The van der Waals surface area contributed by atoms with Crippen molar-refractivity contribution in [1.82, 2.24) is 14.7 Å². The number of hydrogen-bond acceptors (Lipinski definition) is 4. The number of amides is 1. The second-order valence-electron chi connectivity index (χ2n) is 3.90. The van der Waals surface area contributed by atoms with E-state index in [0.717, 1.165) is 12.8 Å². The number of carbonyl (C=O) groups is 1. The second kappa shape index (κ2) is 6.90. The van der Waals surface area contributed by atoms with Crippen molar-refractivity contribution in [2.24, 2.45) is 0 Å². The molecule has 1 amide bonds. The number of unbranched alkanes of at least 4 members (excludes halogenated alkanes) is 1. The Labute approximate surface area is 101 Å². The van der Waals surface area contributed by atoms with Crippen molar-refractivity contribution in [2.45, 2.75) is 26.3 Å². The van der Waals surface area contributed by atoms with E-state index in [1.165, 1.54) is 4.68 Å². The molecule has 0 fully saturated rings. The largest absolute Gasteiger partial charge is 0.395 e. The van der Waals surface area contributed by atoms with Crippen LogP contribution in [0, 0.1) is 0 Å². The van der Waals surface area contributed by atoms with E-state index in [1.807, 2.05) is 0 Å². The Morgan fingerprint density at radius 1 is 1.59 bits per heavy atom. The summed E-state index contributed by atoms with van der Waals surface area (Å²) in [6, 6.07) is 1.65. The fourth-order valence-electron chi connectivity index (χ4n) is 1.53. The maximum Gasteiger partial charge on any atom is 0.244 e. The number of aliphatic hydroxyl groups excluding tert-OH is 1. The van der Waals surface area contributed by atoms with Crippen molar-refractivity contribution in [3.05, 3.63) is 12.3 Å². The van der Waals surface area contributed by atoms with Crippen LogP contribution in [-0.4, -0.2) is 45.4 Å². The molecule has 1 heterocycles. The Balaban J connectivity index is 2.52. The lowest BCUT2D eigenvalue weighted by Crippen LogP contribution is -2.36. The zero-order valence-electron chi connectivity index (χ0n) is 10.2. The summed E-state index contributed by atoms with van der Waals surface area (Å²) in [5.41, 5.74) is 5.47. The number of hydrogen-bond donors (Lipinski definition) is 2. The molecule has 0 unspecified atom stereocenters. The maximum atomic E-state index is 11.9. The van der Waals surface area contributed by atoms with Gasteiger partial charge in [-0.25, -0.2) is 0 Å². The van der Waals surface area contributed by atoms with Crippen molar-refractivity contribution in [3.63, 3.8) is 0 Å². The molecule has 0 atom stereocenters. The molecule has 1 aromatic heterocycles. The predicted octanol–water partition coefficient (Wildman–Crippen LogP) is 0.0863. The summed E-state index contributed by atoms with van der Waals surface area (Å²) in [4.78, 5) is 13.6. The van der Waals surface area contributed by atoms with Gasteiger partial charge in [0.05, 0.1) is 6.61 Å². The highest BCUT2D eigenvalue weighted by atomic mass is 16.3. The first-order chi connectivity index (χ1) is 8.17. The van der Waals surface area contributed by atoms with Crippen LogP contribution in [0.15, 0.2) is 12.3 Å². The number of nitrogen functional groups attached to an aromatic ring is 1. The van der Waals surface area contributed by atoms with Crippen molar-refractivity contribution in [2.75, 3.05) is 25.4 Å². The third-order valence-electron chi connectivity index (χ3n) is 2.46. The van der Waals surface area contributed by atoms with Gasteiger partial charge in [-0.2, -0.15) is 5.10 Å². The summed E-state index contributed by atoms with van der Waals surface area (Å²) in [7, 11) is 0. The average Bonchev–Trinajstić information content (AvgIpc) is 2.70. The van der Waals surface area contributed by atoms with E-state index >= 15 is 0 Å². The zero-order valence-corrected chi connectivity index (χ0v) is 10.2. The van der Waals surface area contributed by atoms with Crippen LogP contribution in [0.1, 0.15) is 19.8 Å². The molecule has 0 aliphatic heterocycles. The monoisotopic (exact) mass is 240 g/mol. The average molecular weight is 240 g/mol. The maximum absolute atomic E-state index is 11.9. The molecule has 0 aliphatic carbocycles. The van der Waals surface area contributed by atoms with Crippen LogP contribution in [0.2, 0.25) is 0 Å². The highest BCUT2D eigenvalue weighted by Crippen LogP contribution is 2.00. The molecule has 0 aromatic carbocycles. The number of nitrogens with two attached hydrogens (primary N) is 1. The number of nitrogens with zero attached hydrogens (tertiary/aromatic N) is 3. The molecule has 0 radical (unpaired) electrons. The Morgan fingerprint density at radius 3 is 2.88 bits per heavy atom. The topological polar surface area (TPSA) is 84.4 Å². The first-order valence-electron chi connectivity index (χ1n) is 5.85. The number of rotatable bonds is 7. The van der Waals surface area contributed by atoms with Crippen LogP contribution in [0.5, 0.6) is 0 Å². The van der Waals surface area contributed by atoms with Gasteiger partial charge in [0, 0.05) is 19.3 Å². The molecule has 3 N–H and O–H groups in total. The molecule has 1 aromatic rings. The minimum Gasteiger partial charge on any atom is -0.395 e. The van der Waals surface area contributed by atoms with E-state index in [1.54, 1.807) is 17.2 Å². The third kappa shape index (κ3) is 4.44. The summed E-state index contributed by atoms with van der Waals surface area (Å²) < 4.78 is 1.51. The van der Waals surface area contributed by atoms with Crippen LogP contribution in [-0.2, 0) is 11.3 Å². The van der Waals surface area contributed by atoms with Gasteiger partial charge >= 0.3 is 0 Å². The molecule has 0 aliphatic rings. The van der Waals surface area contributed by atoms with Crippen LogP contribution in [0.4, 0.5) is 5.82 Å². The van der Waals surface area contributed by atoms with Crippen LogP contribution in [0.3, 0.4) is 0 Å². The van der Waals surface area contributed by atoms with E-state index in [9.17, 15) is 4.79 Å². The van der Waals surface area contributed by atoms with E-state index in [2.05, 4.69) is 12.0 Å². The minimum atomic E-state index is -0.0457. The summed E-state index contributed by atoms with van der Waals surface area (Å²) in [6.07, 6.45) is 3.63. The van der Waals surface area contributed by atoms with Gasteiger partial charge in [0.15, 0.2) is 0 Å². The highest BCUT2D eigenvalue weighted by molar-refractivity contribution is 5.75. The lowest BCUT2D eigenvalue weighted by molar-refractivity contribution is -0.132. The molecule has 6 heteroatoms. The standard InChI is InChI=1S/C11H20N4O2/c1-2-3-5-14(7-8-16)11(17)9-15-6-4-10(12)13-15/h4,6,16H,2-3,5,7-9H2,1H3,(H2,12,13). The Morgan fingerprint density at radius 2 is 2.35 bits per heavy atom. The van der Waals surface area contributed by atoms with Gasteiger partial charge < -0.3 is 15.7 Å². The quantitative estimate of drug-likeness (QED) is 0.707. The zero-order chi connectivity index (χ0) is 12.7. The summed E-state index contributed by atoms with van der Waals surface area (Å²) >= 11 is 0. The molecule has 0 bridgehead atoms. The first-order valence-corrected chi connectivity index (χ1v) is 5.85. The van der Waals surface area contributed by atoms with E-state index < -0.39 is 0 Å². The molecule has 96 valence electrons. The number of aromatic nitrogens is 2. The molecule has 17 heavy (non-hydrogen) atoms. The van der Waals surface area contributed by atoms with Gasteiger partial charge in [-0.3, -0.25) is 9.48 Å². The van der Waals surface area contributed by atoms with Crippen LogP contribution < -0.4 is 5.73 Å². The highest BCUT2D eigenvalue weighted by Gasteiger charge is 2.13. The lowest BCUT2D eigenvalue weighted by atomic mass is 10.3. The predicted molar refractivity (Wildman–Crippen MR) is 65.2 cm³/mol. The molecule has 0 saturated carbocycles. The summed E-state index contributed by atoms with van der Waals surface area (Å²) in [6.45, 7) is 3.26. The lowest BCUT2D eigenvalue weighted by Gasteiger charge is -2.21. The third-order valence-corrected chi connectivity index (χ3v) is 2.46. The number of anilines is 1. The summed E-state index contributed by atoms with van der Waals surface area (Å²) in [5.74, 6) is 0.357. The Kier molecular flexibility index (Phi) is 5.48. The second-order valence-corrected chi connectivity index (χ2v) is 3.90. The minimum absolute atomic E-state index is 0.0172. The molecule has 0 spiro atoms. The van der Waals surface area contributed by atoms with E-state index in [-0.39, 0.29) is 19.1 Å². The number of aliphatic hydroxyl groups is 1. The Hall–Kier alpha value is -1.56. The van der Waals surface area contributed by atoms with E-state index in [4.69, 9.17) is 10.8 Å². The van der Waals surface area contributed by atoms with Crippen molar-refractivity contribution >= 4 is 11.7 Å². The molecule has 6 nitrogen and oxygen atoms in total.